The van der Waals surface area contributed by atoms with E-state index in [-0.39, 0.29) is 0 Å². The third-order valence-electron chi connectivity index (χ3n) is 6.67. The summed E-state index contributed by atoms with van der Waals surface area (Å²) in [5.74, 6) is 0. The van der Waals surface area contributed by atoms with E-state index in [1.54, 1.807) is 0 Å². The Morgan fingerprint density at radius 2 is 1.67 bits per heavy atom. The van der Waals surface area contributed by atoms with Crippen LogP contribution in [0.25, 0.3) is 23.4 Å². The van der Waals surface area contributed by atoms with Gasteiger partial charge in [-0.1, -0.05) is 74.2 Å². The number of pyridine rings is 1. The van der Waals surface area contributed by atoms with E-state index in [4.69, 9.17) is 4.98 Å². The van der Waals surface area contributed by atoms with Crippen LogP contribution in [0.3, 0.4) is 0 Å². The van der Waals surface area contributed by atoms with Gasteiger partial charge in [-0.15, -0.1) is 0 Å². The zero-order valence-electron chi connectivity index (χ0n) is 21.9. The summed E-state index contributed by atoms with van der Waals surface area (Å²) < 4.78 is 2.34. The number of nitrogens with zero attached hydrogens (tertiary/aromatic N) is 3. The molecule has 0 aliphatic carbocycles. The molecular formula is C33H36N3+. The molecule has 0 N–H and O–H groups in total. The topological polar surface area (TPSA) is 19.1 Å². The molecule has 3 heteroatoms. The van der Waals surface area contributed by atoms with Crippen molar-refractivity contribution in [2.45, 2.75) is 19.8 Å². The Morgan fingerprint density at radius 3 is 2.36 bits per heavy atom. The summed E-state index contributed by atoms with van der Waals surface area (Å²) in [6.07, 6.45) is 18.4. The summed E-state index contributed by atoms with van der Waals surface area (Å²) in [5, 5.41) is 0. The number of fused-ring (bicyclic) bond motifs is 1. The first-order chi connectivity index (χ1) is 17.5. The van der Waals surface area contributed by atoms with Crippen LogP contribution >= 0.6 is 0 Å². The molecule has 1 aromatic heterocycles. The first kappa shape index (κ1) is 25.1. The Kier molecular flexibility index (Phi) is 8.12. The summed E-state index contributed by atoms with van der Waals surface area (Å²) in [7, 11) is 6.28. The van der Waals surface area contributed by atoms with Crippen molar-refractivity contribution in [1.29, 1.82) is 0 Å². The monoisotopic (exact) mass is 474 g/mol. The molecule has 0 amide bonds. The molecule has 1 aliphatic rings. The molecule has 3 nitrogen and oxygen atoms in total. The van der Waals surface area contributed by atoms with Gasteiger partial charge in [-0.05, 0) is 52.9 Å². The molecule has 1 aliphatic heterocycles. The Bertz CT molecular complexity index is 1350. The number of benzene rings is 2. The van der Waals surface area contributed by atoms with Gasteiger partial charge < -0.3 is 4.90 Å². The first-order valence-corrected chi connectivity index (χ1v) is 12.6. The van der Waals surface area contributed by atoms with E-state index in [9.17, 15) is 0 Å². The molecule has 0 radical (unpaired) electrons. The van der Waals surface area contributed by atoms with E-state index in [1.807, 2.05) is 18.3 Å². The lowest BCUT2D eigenvalue weighted by molar-refractivity contribution is -0.497. The van der Waals surface area contributed by atoms with Crippen molar-refractivity contribution in [2.75, 3.05) is 32.6 Å². The van der Waals surface area contributed by atoms with Gasteiger partial charge in [-0.25, -0.2) is 4.58 Å². The van der Waals surface area contributed by atoms with Gasteiger partial charge in [0.15, 0.2) is 0 Å². The zero-order valence-corrected chi connectivity index (χ0v) is 21.9. The number of hydrogen-bond acceptors (Lipinski definition) is 2. The smallest absolute Gasteiger partial charge is 0.207 e. The van der Waals surface area contributed by atoms with Gasteiger partial charge >= 0.3 is 0 Å². The number of hydrogen-bond donors (Lipinski definition) is 0. The highest BCUT2D eigenvalue weighted by Gasteiger charge is 2.27. The fourth-order valence-corrected chi connectivity index (χ4v) is 4.65. The molecule has 0 spiro atoms. The largest absolute Gasteiger partial charge is 0.378 e. The van der Waals surface area contributed by atoms with Gasteiger partial charge in [-0.3, -0.25) is 4.98 Å². The summed E-state index contributed by atoms with van der Waals surface area (Å²) in [4.78, 5) is 6.94. The van der Waals surface area contributed by atoms with E-state index in [1.165, 1.54) is 39.2 Å². The normalized spacial score (nSPS) is 13.7. The molecule has 0 bridgehead atoms. The molecule has 36 heavy (non-hydrogen) atoms. The fourth-order valence-electron chi connectivity index (χ4n) is 4.65. The van der Waals surface area contributed by atoms with Crippen molar-refractivity contribution < 1.29 is 4.58 Å². The molecule has 0 saturated heterocycles. The van der Waals surface area contributed by atoms with E-state index >= 15 is 0 Å². The van der Waals surface area contributed by atoms with Crippen LogP contribution in [0, 0.1) is 0 Å². The maximum absolute atomic E-state index is 4.83. The highest BCUT2D eigenvalue weighted by atomic mass is 15.1. The third-order valence-corrected chi connectivity index (χ3v) is 6.67. The SMILES string of the molecule is C=C/C=C\C1=[N+](C)CCc2ccc(CC)c(-c3cc(/C=C/C=C/c4ccc(N(C)C)cc4)ccn3)c21. The number of aryl methyl sites for hydroxylation is 1. The van der Waals surface area contributed by atoms with Gasteiger partial charge in [0.2, 0.25) is 5.71 Å². The van der Waals surface area contributed by atoms with Crippen molar-refractivity contribution in [1.82, 2.24) is 4.98 Å². The van der Waals surface area contributed by atoms with E-state index in [0.717, 1.165) is 30.6 Å². The van der Waals surface area contributed by atoms with Gasteiger partial charge in [-0.2, -0.15) is 0 Å². The first-order valence-electron chi connectivity index (χ1n) is 12.6. The second-order valence-electron chi connectivity index (χ2n) is 9.32. The zero-order chi connectivity index (χ0) is 25.5. The average Bonchev–Trinajstić information content (AvgIpc) is 2.90. The molecular weight excluding hydrogens is 438 g/mol. The maximum Gasteiger partial charge on any atom is 0.207 e. The van der Waals surface area contributed by atoms with E-state index in [2.05, 4.69) is 123 Å². The van der Waals surface area contributed by atoms with Crippen molar-refractivity contribution in [3.05, 3.63) is 120 Å². The molecule has 4 rings (SSSR count). The van der Waals surface area contributed by atoms with Crippen LogP contribution in [0.15, 0.2) is 91.7 Å². The fraction of sp³-hybridized carbons (Fsp3) is 0.212. The van der Waals surface area contributed by atoms with Crippen LogP contribution in [0.5, 0.6) is 0 Å². The van der Waals surface area contributed by atoms with E-state index < -0.39 is 0 Å². The quantitative estimate of drug-likeness (QED) is 0.263. The predicted octanol–water partition coefficient (Wildman–Crippen LogP) is 6.83. The van der Waals surface area contributed by atoms with Crippen molar-refractivity contribution in [2.24, 2.45) is 0 Å². The molecule has 182 valence electrons. The Labute approximate surface area is 216 Å². The van der Waals surface area contributed by atoms with Gasteiger partial charge in [0.25, 0.3) is 0 Å². The van der Waals surface area contributed by atoms with E-state index in [0.29, 0.717) is 0 Å². The minimum absolute atomic E-state index is 0.960. The summed E-state index contributed by atoms with van der Waals surface area (Å²) in [6.45, 7) is 7.10. The number of anilines is 1. The molecule has 0 saturated carbocycles. The number of allylic oxidation sites excluding steroid dienone is 5. The Hall–Kier alpha value is -3.98. The second kappa shape index (κ2) is 11.6. The number of likely N-dealkylation sites (N-methyl/N-ethyl adjacent to an activating group) is 1. The number of rotatable bonds is 8. The predicted molar refractivity (Wildman–Crippen MR) is 156 cm³/mol. The minimum Gasteiger partial charge on any atom is -0.378 e. The average molecular weight is 475 g/mol. The number of aromatic nitrogens is 1. The summed E-state index contributed by atoms with van der Waals surface area (Å²) in [5.41, 5.74) is 11.0. The lowest BCUT2D eigenvalue weighted by atomic mass is 9.86. The molecule has 3 aromatic rings. The van der Waals surface area contributed by atoms with Crippen LogP contribution < -0.4 is 4.90 Å². The Balaban J connectivity index is 1.67. The van der Waals surface area contributed by atoms with Crippen LogP contribution in [-0.4, -0.2) is 43.0 Å². The van der Waals surface area contributed by atoms with Crippen molar-refractivity contribution in [3.63, 3.8) is 0 Å². The lowest BCUT2D eigenvalue weighted by Crippen LogP contribution is -2.27. The molecule has 0 unspecified atom stereocenters. The third kappa shape index (κ3) is 5.63. The van der Waals surface area contributed by atoms with Gasteiger partial charge in [0, 0.05) is 44.0 Å². The van der Waals surface area contributed by atoms with Crippen LogP contribution in [0.4, 0.5) is 5.69 Å². The highest BCUT2D eigenvalue weighted by Crippen LogP contribution is 2.33. The minimum atomic E-state index is 0.960. The molecule has 0 fully saturated rings. The second-order valence-corrected chi connectivity index (χ2v) is 9.32. The van der Waals surface area contributed by atoms with Crippen LogP contribution in [-0.2, 0) is 12.8 Å². The molecule has 2 heterocycles. The van der Waals surface area contributed by atoms with Crippen molar-refractivity contribution in [3.8, 4) is 11.3 Å². The summed E-state index contributed by atoms with van der Waals surface area (Å²) >= 11 is 0. The highest BCUT2D eigenvalue weighted by molar-refractivity contribution is 6.11. The Morgan fingerprint density at radius 1 is 0.917 bits per heavy atom. The van der Waals surface area contributed by atoms with Gasteiger partial charge in [0.05, 0.1) is 11.3 Å². The van der Waals surface area contributed by atoms with Crippen molar-refractivity contribution >= 4 is 23.6 Å². The lowest BCUT2D eigenvalue weighted by Gasteiger charge is -2.21. The van der Waals surface area contributed by atoms with Crippen LogP contribution in [0.1, 0.15) is 34.7 Å². The summed E-state index contributed by atoms with van der Waals surface area (Å²) in [6, 6.07) is 17.4. The van der Waals surface area contributed by atoms with Gasteiger partial charge in [0.1, 0.15) is 13.6 Å². The maximum atomic E-state index is 4.83. The molecule has 2 aromatic carbocycles. The standard InChI is InChI=1S/C33H36N3/c1-6-8-13-31-33-28(21-23-36(31)5)17-16-27(7-2)32(33)30-24-26(20-22-34-30)12-10-9-11-25-14-18-29(19-15-25)35(3)4/h6,8-20,22,24H,1,7,21,23H2,2-5H3/q+1/b11-9+,12-10+,13-8-. The molecule has 0 atom stereocenters. The van der Waals surface area contributed by atoms with Crippen LogP contribution in [0.2, 0.25) is 0 Å².